The molecule has 6 aromatic carbocycles. The summed E-state index contributed by atoms with van der Waals surface area (Å²) in [5, 5.41) is 26.1. The van der Waals surface area contributed by atoms with E-state index in [0.29, 0.717) is 18.7 Å². The minimum atomic E-state index is -0.906. The van der Waals surface area contributed by atoms with Crippen LogP contribution in [0, 0.1) is 32.6 Å². The molecule has 4 aliphatic heterocycles. The summed E-state index contributed by atoms with van der Waals surface area (Å²) in [4.78, 5) is 58.9. The maximum atomic E-state index is 14.0. The minimum Gasteiger partial charge on any atom is -0.391 e. The van der Waals surface area contributed by atoms with Gasteiger partial charge in [0.25, 0.3) is 5.91 Å². The maximum Gasteiger partial charge on any atom is 0.252 e. The van der Waals surface area contributed by atoms with Crippen molar-refractivity contribution in [3.8, 4) is 0 Å². The van der Waals surface area contributed by atoms with Crippen LogP contribution in [0.15, 0.2) is 170 Å². The van der Waals surface area contributed by atoms with Gasteiger partial charge < -0.3 is 15.6 Å². The summed E-state index contributed by atoms with van der Waals surface area (Å²) in [5.74, 6) is -2.12. The van der Waals surface area contributed by atoms with Crippen LogP contribution in [0.2, 0.25) is 0 Å². The van der Waals surface area contributed by atoms with Gasteiger partial charge in [0.05, 0.1) is 42.3 Å². The third kappa shape index (κ3) is 8.93. The van der Waals surface area contributed by atoms with Gasteiger partial charge in [-0.15, -0.1) is 0 Å². The summed E-state index contributed by atoms with van der Waals surface area (Å²) in [5.41, 5.74) is 10.8. The Labute approximate surface area is 397 Å². The molecule has 6 aromatic rings. The predicted molar refractivity (Wildman–Crippen MR) is 265 cm³/mol. The lowest BCUT2D eigenvalue weighted by Crippen LogP contribution is -2.55. The highest BCUT2D eigenvalue weighted by molar-refractivity contribution is 6.24. The molecule has 11 heteroatoms. The summed E-state index contributed by atoms with van der Waals surface area (Å²) < 4.78 is 0. The Balaban J connectivity index is 0.000000178. The zero-order chi connectivity index (χ0) is 47.6. The average Bonchev–Trinajstić information content (AvgIpc) is 3.76. The Morgan fingerprint density at radius 3 is 1.90 bits per heavy atom. The molecule has 2 saturated heterocycles. The Kier molecular flexibility index (Phi) is 13.3. The van der Waals surface area contributed by atoms with E-state index >= 15 is 0 Å². The smallest absolute Gasteiger partial charge is 0.252 e. The number of hydrogen-bond donors (Lipinski definition) is 3. The van der Waals surface area contributed by atoms with Crippen LogP contribution in [-0.4, -0.2) is 78.9 Å². The lowest BCUT2D eigenvalue weighted by molar-refractivity contribution is -0.140. The third-order valence-corrected chi connectivity index (χ3v) is 13.8. The van der Waals surface area contributed by atoms with Gasteiger partial charge in [0.15, 0.2) is 0 Å². The number of hydrazine groups is 1. The second-order valence-electron chi connectivity index (χ2n) is 18.3. The molecule has 2 fully saturated rings. The van der Waals surface area contributed by atoms with Crippen molar-refractivity contribution in [1.29, 1.82) is 0 Å². The van der Waals surface area contributed by atoms with E-state index < -0.39 is 42.2 Å². The number of likely N-dealkylation sites (tertiary alicyclic amines) is 1. The number of aliphatic hydroxyl groups excluding tert-OH is 2. The summed E-state index contributed by atoms with van der Waals surface area (Å²) in [6, 6.07) is 44.4. The number of fused-ring (bicyclic) bond motifs is 3. The molecule has 0 radical (unpaired) electrons. The van der Waals surface area contributed by atoms with Gasteiger partial charge in [-0.2, -0.15) is 0 Å². The Morgan fingerprint density at radius 2 is 1.19 bits per heavy atom. The molecular weight excluding hydrogens is 851 g/mol. The van der Waals surface area contributed by atoms with Crippen LogP contribution < -0.4 is 10.3 Å². The summed E-state index contributed by atoms with van der Waals surface area (Å²) in [6.07, 6.45) is 6.41. The van der Waals surface area contributed by atoms with Crippen LogP contribution in [0.4, 0.5) is 11.4 Å². The molecule has 0 saturated carbocycles. The number of carbonyl (C=O) groups is 4. The molecule has 68 heavy (non-hydrogen) atoms. The molecule has 8 atom stereocenters. The van der Waals surface area contributed by atoms with E-state index in [2.05, 4.69) is 5.43 Å². The van der Waals surface area contributed by atoms with Crippen molar-refractivity contribution < 1.29 is 29.4 Å². The quantitative estimate of drug-likeness (QED) is 0.0867. The fourth-order valence-corrected chi connectivity index (χ4v) is 10.0. The van der Waals surface area contributed by atoms with E-state index in [1.54, 1.807) is 23.2 Å². The molecule has 10 rings (SSSR count). The van der Waals surface area contributed by atoms with Crippen molar-refractivity contribution in [2.24, 2.45) is 11.8 Å². The number of nitrogens with zero attached hydrogens (tertiary/aromatic N) is 4. The number of para-hydroxylation sites is 1. The van der Waals surface area contributed by atoms with Crippen molar-refractivity contribution in [3.05, 3.63) is 203 Å². The molecule has 4 amide bonds. The lowest BCUT2D eigenvalue weighted by atomic mass is 9.89. The number of rotatable bonds is 11. The van der Waals surface area contributed by atoms with Crippen molar-refractivity contribution in [1.82, 2.24) is 14.8 Å². The van der Waals surface area contributed by atoms with Gasteiger partial charge in [-0.3, -0.25) is 29.0 Å². The first kappa shape index (κ1) is 46.1. The molecule has 0 aromatic heterocycles. The number of aliphatic hydroxyl groups is 2. The monoisotopic (exact) mass is 907 g/mol. The first-order chi connectivity index (χ1) is 32.9. The van der Waals surface area contributed by atoms with Gasteiger partial charge in [0.2, 0.25) is 17.7 Å². The average molecular weight is 908 g/mol. The maximum absolute atomic E-state index is 14.0. The summed E-state index contributed by atoms with van der Waals surface area (Å²) in [7, 11) is 0. The number of imide groups is 2. The van der Waals surface area contributed by atoms with Crippen LogP contribution in [0.3, 0.4) is 0 Å². The highest BCUT2D eigenvalue weighted by Crippen LogP contribution is 2.39. The van der Waals surface area contributed by atoms with E-state index in [1.165, 1.54) is 9.80 Å². The first-order valence-corrected chi connectivity index (χ1v) is 23.4. The molecule has 3 N–H and O–H groups in total. The number of amides is 4. The Morgan fingerprint density at radius 1 is 0.574 bits per heavy atom. The van der Waals surface area contributed by atoms with Crippen LogP contribution in [-0.2, 0) is 32.3 Å². The Hall–Kier alpha value is -7.02. The van der Waals surface area contributed by atoms with E-state index in [-0.39, 0.29) is 36.2 Å². The minimum absolute atomic E-state index is 0.198. The second-order valence-corrected chi connectivity index (χ2v) is 18.3. The zero-order valence-electron chi connectivity index (χ0n) is 38.7. The van der Waals surface area contributed by atoms with Crippen molar-refractivity contribution in [3.63, 3.8) is 0 Å². The topological polar surface area (TPSA) is 134 Å². The van der Waals surface area contributed by atoms with Crippen molar-refractivity contribution >= 4 is 45.8 Å². The number of aryl methyl sites for hydroxylation is 3. The number of benzene rings is 6. The van der Waals surface area contributed by atoms with E-state index in [4.69, 9.17) is 0 Å². The zero-order valence-corrected chi connectivity index (χ0v) is 38.7. The third-order valence-electron chi connectivity index (χ3n) is 13.8. The standard InChI is InChI=1S/C33H31N3O3.C24H26N2O3/c1-21-14-16-25(17-15-21)34-36-29(31(37)26-12-5-3-8-22(26)2)19-18-28-30(36)33(39)35(32(28)38)20-24-11-7-10-23-9-4-6-13-27(23)24;1-3-21(27)20-14-13-19-22(25(20)15-17-11-9-16(2)10-12-17)24(29)26(23(19)28)18-7-5-4-6-8-18/h3-19,28-31,34,37H,20H2,1-2H3;4-14,19-22,27H,3,15H2,1-2H3/t28-,29-,30+,31-;19-,20-,21-,22+/m11/s1. The molecule has 346 valence electrons. The number of anilines is 2. The number of carbonyl (C=O) groups excluding carboxylic acids is 4. The second kappa shape index (κ2) is 19.7. The SMILES string of the molecule is CC[C@@H](O)[C@H]1C=C[C@H]2C(=O)N(c3ccccc3)C(=O)[C@H]2N1Cc1ccc(C)cc1.Cc1ccc(NN2[C@@H]([C@H](O)c3ccccc3C)C=C[C@H]3C(=O)N(Cc4cccc5ccccc45)C(=O)[C@H]32)cc1. The van der Waals surface area contributed by atoms with Crippen molar-refractivity contribution in [2.75, 3.05) is 10.3 Å². The van der Waals surface area contributed by atoms with Crippen molar-refractivity contribution in [2.45, 2.75) is 83.6 Å². The summed E-state index contributed by atoms with van der Waals surface area (Å²) in [6.45, 7) is 8.62. The number of nitrogens with one attached hydrogen (secondary N) is 1. The highest BCUT2D eigenvalue weighted by atomic mass is 16.3. The van der Waals surface area contributed by atoms with E-state index in [0.717, 1.165) is 49.8 Å². The van der Waals surface area contributed by atoms with Gasteiger partial charge in [-0.1, -0.05) is 164 Å². The van der Waals surface area contributed by atoms with Gasteiger partial charge in [0, 0.05) is 12.2 Å². The molecular formula is C57H57N5O6. The van der Waals surface area contributed by atoms with Crippen LogP contribution in [0.25, 0.3) is 10.8 Å². The Bertz CT molecular complexity index is 2880. The van der Waals surface area contributed by atoms with E-state index in [9.17, 15) is 29.4 Å². The predicted octanol–water partition coefficient (Wildman–Crippen LogP) is 8.38. The first-order valence-electron chi connectivity index (χ1n) is 23.4. The molecule has 0 aliphatic carbocycles. The largest absolute Gasteiger partial charge is 0.391 e. The van der Waals surface area contributed by atoms with Gasteiger partial charge in [0.1, 0.15) is 18.2 Å². The molecule has 4 aliphatic rings. The molecule has 0 bridgehead atoms. The highest BCUT2D eigenvalue weighted by Gasteiger charge is 2.55. The molecule has 11 nitrogen and oxygen atoms in total. The molecule has 4 heterocycles. The fraction of sp³-hybridized carbons (Fsp3) is 0.263. The molecule has 0 unspecified atom stereocenters. The lowest BCUT2D eigenvalue weighted by Gasteiger charge is -2.41. The van der Waals surface area contributed by atoms with Gasteiger partial charge in [-0.25, -0.2) is 9.91 Å². The molecule has 0 spiro atoms. The number of hydrogen-bond acceptors (Lipinski definition) is 9. The normalized spacial score (nSPS) is 23.3. The fourth-order valence-electron chi connectivity index (χ4n) is 10.0. The van der Waals surface area contributed by atoms with E-state index in [1.807, 2.05) is 184 Å². The van der Waals surface area contributed by atoms with Crippen LogP contribution in [0.5, 0.6) is 0 Å². The van der Waals surface area contributed by atoms with Crippen LogP contribution >= 0.6 is 0 Å². The van der Waals surface area contributed by atoms with Crippen LogP contribution in [0.1, 0.15) is 52.8 Å². The van der Waals surface area contributed by atoms with Gasteiger partial charge >= 0.3 is 0 Å². The van der Waals surface area contributed by atoms with Gasteiger partial charge in [-0.05, 0) is 84.5 Å². The summed E-state index contributed by atoms with van der Waals surface area (Å²) >= 11 is 0.